The second-order valence-electron chi connectivity index (χ2n) is 5.85. The minimum absolute atomic E-state index is 0.0505. The van der Waals surface area contributed by atoms with Gasteiger partial charge >= 0.3 is 10.2 Å². The van der Waals surface area contributed by atoms with Crippen LogP contribution in [0.1, 0.15) is 10.4 Å². The highest BCUT2D eigenvalue weighted by Crippen LogP contribution is 3.02. The zero-order valence-electron chi connectivity index (χ0n) is 15.1. The number of amides is 1. The molecule has 0 atom stereocenters. The fourth-order valence-corrected chi connectivity index (χ4v) is 2.85. The van der Waals surface area contributed by atoms with Crippen LogP contribution in [0.15, 0.2) is 41.3 Å². The van der Waals surface area contributed by atoms with Gasteiger partial charge in [-0.15, -0.1) is 0 Å². The van der Waals surface area contributed by atoms with Crippen LogP contribution in [0.3, 0.4) is 0 Å². The number of rotatable bonds is 10. The zero-order valence-corrected chi connectivity index (χ0v) is 15.9. The summed E-state index contributed by atoms with van der Waals surface area (Å²) in [6.07, 6.45) is 0. The first-order valence-corrected chi connectivity index (χ1v) is 10.1. The number of carbonyl (C=O) groups is 1. The lowest BCUT2D eigenvalue weighted by atomic mass is 10.2. The quantitative estimate of drug-likeness (QED) is 0.389. The predicted octanol–water partition coefficient (Wildman–Crippen LogP) is 5.20. The maximum absolute atomic E-state index is 13.9. The highest BCUT2D eigenvalue weighted by atomic mass is 32.5. The topological polar surface area (TPSA) is 70.8 Å². The third kappa shape index (κ3) is 6.42. The van der Waals surface area contributed by atoms with Gasteiger partial charge in [-0.3, -0.25) is 4.79 Å². The number of hydrogen-bond donors (Lipinski definition) is 1. The predicted molar refractivity (Wildman–Crippen MR) is 94.5 cm³/mol. The number of benzene rings is 2. The number of halogens is 7. The average molecular weight is 463 g/mol. The van der Waals surface area contributed by atoms with E-state index in [0.29, 0.717) is 0 Å². The first-order chi connectivity index (χ1) is 13.7. The maximum Gasteiger partial charge on any atom is 0.310 e. The first kappa shape index (κ1) is 23.6. The van der Waals surface area contributed by atoms with Gasteiger partial charge in [0.15, 0.2) is 11.6 Å². The summed E-state index contributed by atoms with van der Waals surface area (Å²) in [5.41, 5.74) is 3.95. The van der Waals surface area contributed by atoms with Crippen LogP contribution in [-0.4, -0.2) is 32.3 Å². The Bertz CT molecular complexity index is 921. The highest BCUT2D eigenvalue weighted by Gasteiger charge is 2.65. The van der Waals surface area contributed by atoms with Crippen molar-refractivity contribution < 1.29 is 47.2 Å². The summed E-state index contributed by atoms with van der Waals surface area (Å²) in [6.45, 7) is -0.424. The molecule has 2 aromatic rings. The summed E-state index contributed by atoms with van der Waals surface area (Å²) in [5, 5.41) is 0. The van der Waals surface area contributed by atoms with Gasteiger partial charge in [0.25, 0.3) is 5.91 Å². The number of primary amides is 1. The number of nitrogens with two attached hydrogens (primary N) is 1. The van der Waals surface area contributed by atoms with Crippen molar-refractivity contribution in [3.63, 3.8) is 0 Å². The summed E-state index contributed by atoms with van der Waals surface area (Å²) >= 11 is 0. The fourth-order valence-electron chi connectivity index (χ4n) is 2.19. The Morgan fingerprint density at radius 1 is 0.833 bits per heavy atom. The first-order valence-electron chi connectivity index (χ1n) is 8.14. The highest BCUT2D eigenvalue weighted by molar-refractivity contribution is 8.45. The van der Waals surface area contributed by atoms with Crippen LogP contribution < -0.4 is 15.2 Å². The van der Waals surface area contributed by atoms with Gasteiger partial charge in [-0.25, -0.2) is 8.78 Å². The Hall–Kier alpha value is -2.67. The van der Waals surface area contributed by atoms with Crippen molar-refractivity contribution in [2.24, 2.45) is 5.73 Å². The molecule has 0 unspecified atom stereocenters. The van der Waals surface area contributed by atoms with Crippen molar-refractivity contribution in [3.05, 3.63) is 53.6 Å². The molecular weight excluding hydrogens is 447 g/mol. The monoisotopic (exact) mass is 463 g/mol. The van der Waals surface area contributed by atoms with E-state index in [2.05, 4.69) is 0 Å². The van der Waals surface area contributed by atoms with Gasteiger partial charge in [-0.2, -0.15) is 0 Å². The molecule has 0 radical (unpaired) electrons. The number of carbonyl (C=O) groups excluding carboxylic acids is 1. The molecule has 0 aromatic heterocycles. The van der Waals surface area contributed by atoms with E-state index in [1.807, 2.05) is 0 Å². The minimum atomic E-state index is -9.73. The lowest BCUT2D eigenvalue weighted by Crippen LogP contribution is -2.17. The van der Waals surface area contributed by atoms with Gasteiger partial charge in [0.2, 0.25) is 0 Å². The molecule has 0 heterocycles. The molecule has 30 heavy (non-hydrogen) atoms. The fraction of sp³-hybridized carbons (Fsp3) is 0.235. The molecular formula is C17H16F7NO4S. The minimum Gasteiger partial charge on any atom is -0.491 e. The van der Waals surface area contributed by atoms with Gasteiger partial charge in [0.05, 0.1) is 13.2 Å². The third-order valence-electron chi connectivity index (χ3n) is 3.55. The standard InChI is InChI=1S/C17H16F7NO4S/c18-13-5-6-14(16(19)15(13)17(25)26)29-10-8-27-7-9-28-11-1-3-12(4-2-11)30(20,21,22,23)24/h1-6H,7-10H2,(H2,25,26). The molecule has 0 spiro atoms. The molecule has 0 saturated heterocycles. The molecule has 5 nitrogen and oxygen atoms in total. The van der Waals surface area contributed by atoms with E-state index in [1.54, 1.807) is 0 Å². The van der Waals surface area contributed by atoms with E-state index >= 15 is 0 Å². The SMILES string of the molecule is NC(=O)c1c(F)ccc(OCCOCCOc2ccc(S(F)(F)(F)(F)F)cc2)c1F. The van der Waals surface area contributed by atoms with Crippen molar-refractivity contribution in [3.8, 4) is 11.5 Å². The zero-order chi connectivity index (χ0) is 22.6. The van der Waals surface area contributed by atoms with Gasteiger partial charge in [-0.1, -0.05) is 19.4 Å². The van der Waals surface area contributed by atoms with Crippen LogP contribution in [-0.2, 0) is 4.74 Å². The Labute approximate surface area is 166 Å². The Morgan fingerprint density at radius 2 is 1.40 bits per heavy atom. The van der Waals surface area contributed by atoms with E-state index in [1.165, 1.54) is 0 Å². The lowest BCUT2D eigenvalue weighted by Gasteiger charge is -2.40. The van der Waals surface area contributed by atoms with Crippen LogP contribution in [0.4, 0.5) is 28.2 Å². The molecule has 0 fully saturated rings. The van der Waals surface area contributed by atoms with Gasteiger partial charge in [-0.05, 0) is 36.4 Å². The second-order valence-corrected chi connectivity index (χ2v) is 8.26. The van der Waals surface area contributed by atoms with Crippen molar-refractivity contribution in [1.29, 1.82) is 0 Å². The van der Waals surface area contributed by atoms with Crippen LogP contribution in [0.25, 0.3) is 0 Å². The van der Waals surface area contributed by atoms with Gasteiger partial charge in [0, 0.05) is 0 Å². The van der Waals surface area contributed by atoms with Crippen LogP contribution >= 0.6 is 10.2 Å². The lowest BCUT2D eigenvalue weighted by molar-refractivity contribution is 0.0753. The smallest absolute Gasteiger partial charge is 0.310 e. The summed E-state index contributed by atoms with van der Waals surface area (Å²) in [4.78, 5) is 8.99. The van der Waals surface area contributed by atoms with Crippen molar-refractivity contribution in [2.45, 2.75) is 4.90 Å². The average Bonchev–Trinajstić information content (AvgIpc) is 2.61. The molecule has 0 bridgehead atoms. The van der Waals surface area contributed by atoms with E-state index in [4.69, 9.17) is 19.9 Å². The van der Waals surface area contributed by atoms with E-state index in [-0.39, 0.29) is 44.3 Å². The van der Waals surface area contributed by atoms with E-state index in [0.717, 1.165) is 24.3 Å². The summed E-state index contributed by atoms with van der Waals surface area (Å²) in [6, 6.07) is 3.74. The summed E-state index contributed by atoms with van der Waals surface area (Å²) < 4.78 is 105. The molecule has 168 valence electrons. The molecule has 1 amide bonds. The number of ether oxygens (including phenoxy) is 3. The molecule has 0 saturated carbocycles. The molecule has 0 aliphatic rings. The molecule has 2 rings (SSSR count). The Kier molecular flexibility index (Phi) is 6.19. The van der Waals surface area contributed by atoms with Crippen molar-refractivity contribution in [1.82, 2.24) is 0 Å². The number of hydrogen-bond acceptors (Lipinski definition) is 4. The molecule has 2 N–H and O–H groups in total. The third-order valence-corrected chi connectivity index (χ3v) is 4.72. The summed E-state index contributed by atoms with van der Waals surface area (Å²) in [5.74, 6) is -4.16. The normalized spacial score (nSPS) is 14.0. The van der Waals surface area contributed by atoms with Gasteiger partial charge < -0.3 is 19.9 Å². The molecule has 0 aliphatic carbocycles. The molecule has 13 heteroatoms. The maximum atomic E-state index is 13.9. The van der Waals surface area contributed by atoms with Gasteiger partial charge in [0.1, 0.15) is 35.2 Å². The molecule has 2 aromatic carbocycles. The molecule has 0 aliphatic heterocycles. The van der Waals surface area contributed by atoms with E-state index in [9.17, 15) is 33.0 Å². The van der Waals surface area contributed by atoms with Crippen LogP contribution in [0, 0.1) is 11.6 Å². The second kappa shape index (κ2) is 7.87. The van der Waals surface area contributed by atoms with Crippen LogP contribution in [0.2, 0.25) is 0 Å². The largest absolute Gasteiger partial charge is 0.491 e. The Balaban J connectivity index is 1.74. The van der Waals surface area contributed by atoms with Crippen molar-refractivity contribution >= 4 is 16.1 Å². The summed E-state index contributed by atoms with van der Waals surface area (Å²) in [7, 11) is -9.73. The van der Waals surface area contributed by atoms with E-state index < -0.39 is 44.0 Å². The van der Waals surface area contributed by atoms with Crippen molar-refractivity contribution in [2.75, 3.05) is 26.4 Å². The van der Waals surface area contributed by atoms with Crippen LogP contribution in [0.5, 0.6) is 11.5 Å². The Morgan fingerprint density at radius 3 is 1.93 bits per heavy atom.